The number of hydrogen-bond donors (Lipinski definition) is 3. The molecule has 0 bridgehead atoms. The van der Waals surface area contributed by atoms with Gasteiger partial charge in [0, 0.05) is 34.1 Å². The van der Waals surface area contributed by atoms with Crippen LogP contribution in [0.1, 0.15) is 12.7 Å². The summed E-state index contributed by atoms with van der Waals surface area (Å²) in [6.45, 7) is 4.71. The molecule has 1 atom stereocenters. The number of halogens is 2. The van der Waals surface area contributed by atoms with Crippen molar-refractivity contribution in [3.63, 3.8) is 0 Å². The molecular weight excluding hydrogens is 412 g/mol. The lowest BCUT2D eigenvalue weighted by Crippen LogP contribution is -2.31. The molecule has 6 heteroatoms. The Labute approximate surface area is 147 Å². The summed E-state index contributed by atoms with van der Waals surface area (Å²) in [5, 5.41) is 15.6. The van der Waals surface area contributed by atoms with Gasteiger partial charge < -0.3 is 20.2 Å². The summed E-state index contributed by atoms with van der Waals surface area (Å²) in [5.74, 6) is 1.75. The molecule has 1 aromatic carbocycles. The van der Waals surface area contributed by atoms with Gasteiger partial charge in [-0.3, -0.25) is 0 Å². The highest BCUT2D eigenvalue weighted by molar-refractivity contribution is 9.11. The van der Waals surface area contributed by atoms with Gasteiger partial charge in [-0.1, -0.05) is 15.9 Å². The normalized spacial score (nSPS) is 12.5. The predicted molar refractivity (Wildman–Crippen MR) is 95.8 cm³/mol. The van der Waals surface area contributed by atoms with Crippen molar-refractivity contribution in [3.05, 3.63) is 45.0 Å². The van der Waals surface area contributed by atoms with Crippen LogP contribution in [0.15, 0.2) is 43.7 Å². The molecule has 0 aliphatic heterocycles. The van der Waals surface area contributed by atoms with Crippen LogP contribution in [-0.2, 0) is 6.54 Å². The largest absolute Gasteiger partial charge is 0.460 e. The van der Waals surface area contributed by atoms with Crippen LogP contribution in [-0.4, -0.2) is 30.8 Å². The quantitative estimate of drug-likeness (QED) is 0.559. The Hall–Kier alpha value is -0.660. The van der Waals surface area contributed by atoms with E-state index in [1.807, 2.05) is 30.3 Å². The number of rotatable bonds is 8. The van der Waals surface area contributed by atoms with Crippen molar-refractivity contribution < 1.29 is 9.52 Å². The van der Waals surface area contributed by atoms with Gasteiger partial charge in [0.05, 0.1) is 12.6 Å². The second-order valence-corrected chi connectivity index (χ2v) is 6.89. The van der Waals surface area contributed by atoms with E-state index in [0.717, 1.165) is 39.1 Å². The Morgan fingerprint density at radius 2 is 1.91 bits per heavy atom. The summed E-state index contributed by atoms with van der Waals surface area (Å²) in [6.07, 6.45) is -0.308. The first-order valence-electron chi connectivity index (χ1n) is 7.20. The Morgan fingerprint density at radius 3 is 2.64 bits per heavy atom. The first-order chi connectivity index (χ1) is 10.6. The molecule has 0 saturated carbocycles. The molecule has 1 unspecified atom stereocenters. The van der Waals surface area contributed by atoms with Crippen LogP contribution in [0.25, 0.3) is 11.3 Å². The van der Waals surface area contributed by atoms with Gasteiger partial charge in [-0.15, -0.1) is 0 Å². The van der Waals surface area contributed by atoms with Crippen LogP contribution in [0, 0.1) is 0 Å². The van der Waals surface area contributed by atoms with Crippen LogP contribution < -0.4 is 10.6 Å². The van der Waals surface area contributed by atoms with Crippen LogP contribution in [0.2, 0.25) is 0 Å². The maximum atomic E-state index is 9.13. The van der Waals surface area contributed by atoms with Gasteiger partial charge in [-0.05, 0) is 53.2 Å². The van der Waals surface area contributed by atoms with Crippen LogP contribution in [0.3, 0.4) is 0 Å². The van der Waals surface area contributed by atoms with Crippen LogP contribution in [0.4, 0.5) is 0 Å². The zero-order chi connectivity index (χ0) is 15.9. The fourth-order valence-corrected chi connectivity index (χ4v) is 3.25. The molecule has 0 radical (unpaired) electrons. The molecule has 1 aromatic heterocycles. The molecule has 0 fully saturated rings. The number of nitrogens with one attached hydrogen (secondary N) is 2. The lowest BCUT2D eigenvalue weighted by Gasteiger charge is -2.07. The van der Waals surface area contributed by atoms with E-state index in [9.17, 15) is 0 Å². The SMILES string of the molecule is CC(O)CNCCNCc1ccc(-c2ccc(Br)cc2Br)o1. The lowest BCUT2D eigenvalue weighted by atomic mass is 10.2. The maximum Gasteiger partial charge on any atom is 0.135 e. The molecule has 2 aromatic rings. The third kappa shape index (κ3) is 5.52. The van der Waals surface area contributed by atoms with Gasteiger partial charge in [0.15, 0.2) is 0 Å². The second-order valence-electron chi connectivity index (χ2n) is 5.12. The summed E-state index contributed by atoms with van der Waals surface area (Å²) in [4.78, 5) is 0. The standard InChI is InChI=1S/C16H20Br2N2O2/c1-11(21)9-19-6-7-20-10-13-3-5-16(22-13)14-4-2-12(17)8-15(14)18/h2-5,8,11,19-21H,6-7,9-10H2,1H3. The van der Waals surface area contributed by atoms with Gasteiger partial charge in [-0.25, -0.2) is 0 Å². The van der Waals surface area contributed by atoms with Gasteiger partial charge in [0.2, 0.25) is 0 Å². The smallest absolute Gasteiger partial charge is 0.135 e. The van der Waals surface area contributed by atoms with Crippen molar-refractivity contribution in [1.82, 2.24) is 10.6 Å². The zero-order valence-corrected chi connectivity index (χ0v) is 15.6. The number of benzene rings is 1. The molecule has 3 N–H and O–H groups in total. The third-order valence-electron chi connectivity index (χ3n) is 3.08. The van der Waals surface area contributed by atoms with E-state index in [1.54, 1.807) is 6.92 Å². The minimum atomic E-state index is -0.308. The fraction of sp³-hybridized carbons (Fsp3) is 0.375. The number of furan rings is 1. The van der Waals surface area contributed by atoms with Crippen LogP contribution in [0.5, 0.6) is 0 Å². The van der Waals surface area contributed by atoms with E-state index in [4.69, 9.17) is 9.52 Å². The highest BCUT2D eigenvalue weighted by atomic mass is 79.9. The summed E-state index contributed by atoms with van der Waals surface area (Å²) in [5.41, 5.74) is 1.04. The minimum absolute atomic E-state index is 0.308. The molecule has 0 saturated heterocycles. The minimum Gasteiger partial charge on any atom is -0.460 e. The zero-order valence-electron chi connectivity index (χ0n) is 12.4. The summed E-state index contributed by atoms with van der Waals surface area (Å²) < 4.78 is 7.89. The van der Waals surface area contributed by atoms with E-state index in [1.165, 1.54) is 0 Å². The second kappa shape index (κ2) is 8.84. The average Bonchev–Trinajstić information content (AvgIpc) is 2.91. The Balaban J connectivity index is 1.81. The predicted octanol–water partition coefficient (Wildman–Crippen LogP) is 3.53. The molecule has 1 heterocycles. The maximum absolute atomic E-state index is 9.13. The summed E-state index contributed by atoms with van der Waals surface area (Å²) in [7, 11) is 0. The highest BCUT2D eigenvalue weighted by Crippen LogP contribution is 2.31. The van der Waals surface area contributed by atoms with E-state index in [0.29, 0.717) is 13.1 Å². The number of aliphatic hydroxyl groups is 1. The Morgan fingerprint density at radius 1 is 1.14 bits per heavy atom. The van der Waals surface area contributed by atoms with Gasteiger partial charge in [0.25, 0.3) is 0 Å². The van der Waals surface area contributed by atoms with Crippen molar-refractivity contribution in [3.8, 4) is 11.3 Å². The summed E-state index contributed by atoms with van der Waals surface area (Å²) >= 11 is 7.00. The molecule has 120 valence electrons. The first-order valence-corrected chi connectivity index (χ1v) is 8.78. The van der Waals surface area contributed by atoms with Crippen LogP contribution >= 0.6 is 31.9 Å². The lowest BCUT2D eigenvalue weighted by molar-refractivity contribution is 0.191. The highest BCUT2D eigenvalue weighted by Gasteiger charge is 2.08. The summed E-state index contributed by atoms with van der Waals surface area (Å²) in [6, 6.07) is 9.99. The first kappa shape index (κ1) is 17.7. The Kier molecular flexibility index (Phi) is 7.11. The van der Waals surface area contributed by atoms with Crippen molar-refractivity contribution in [2.75, 3.05) is 19.6 Å². The molecule has 0 aliphatic rings. The van der Waals surface area contributed by atoms with Crippen molar-refractivity contribution in [2.24, 2.45) is 0 Å². The van der Waals surface area contributed by atoms with Crippen molar-refractivity contribution in [2.45, 2.75) is 19.6 Å². The molecular formula is C16H20Br2N2O2. The fourth-order valence-electron chi connectivity index (χ4n) is 2.01. The number of aliphatic hydroxyl groups excluding tert-OH is 1. The van der Waals surface area contributed by atoms with Gasteiger partial charge >= 0.3 is 0 Å². The third-order valence-corrected chi connectivity index (χ3v) is 4.23. The molecule has 2 rings (SSSR count). The Bertz CT molecular complexity index is 600. The molecule has 0 aliphatic carbocycles. The van der Waals surface area contributed by atoms with Crippen molar-refractivity contribution in [1.29, 1.82) is 0 Å². The molecule has 4 nitrogen and oxygen atoms in total. The molecule has 0 spiro atoms. The number of hydrogen-bond acceptors (Lipinski definition) is 4. The van der Waals surface area contributed by atoms with Gasteiger partial charge in [0.1, 0.15) is 11.5 Å². The van der Waals surface area contributed by atoms with E-state index in [2.05, 4.69) is 42.5 Å². The van der Waals surface area contributed by atoms with E-state index >= 15 is 0 Å². The molecule has 0 amide bonds. The van der Waals surface area contributed by atoms with Gasteiger partial charge in [-0.2, -0.15) is 0 Å². The van der Waals surface area contributed by atoms with E-state index in [-0.39, 0.29) is 6.10 Å². The molecule has 22 heavy (non-hydrogen) atoms. The van der Waals surface area contributed by atoms with Crippen molar-refractivity contribution >= 4 is 31.9 Å². The monoisotopic (exact) mass is 430 g/mol. The average molecular weight is 432 g/mol. The topological polar surface area (TPSA) is 57.4 Å². The van der Waals surface area contributed by atoms with E-state index < -0.39 is 0 Å².